The van der Waals surface area contributed by atoms with Gasteiger partial charge in [0, 0.05) is 31.2 Å². The number of hydrogen-bond acceptors (Lipinski definition) is 3. The monoisotopic (exact) mass is 388 g/mol. The number of rotatable bonds is 6. The number of aromatic nitrogens is 2. The number of benzene rings is 2. The number of amides is 2. The molecule has 1 aromatic heterocycles. The molecule has 148 valence electrons. The summed E-state index contributed by atoms with van der Waals surface area (Å²) in [6.45, 7) is 3.10. The van der Waals surface area contributed by atoms with Gasteiger partial charge in [-0.05, 0) is 30.5 Å². The number of anilines is 1. The van der Waals surface area contributed by atoms with Gasteiger partial charge in [0.25, 0.3) is 5.91 Å². The minimum atomic E-state index is -0.623. The summed E-state index contributed by atoms with van der Waals surface area (Å²) in [5, 5.41) is 2.93. The number of fused-ring (bicyclic) bond motifs is 1. The molecule has 2 aromatic carbocycles. The third-order valence-electron chi connectivity index (χ3n) is 5.31. The second-order valence-electron chi connectivity index (χ2n) is 7.36. The fraction of sp³-hybridized carbons (Fsp3) is 0.261. The van der Waals surface area contributed by atoms with Crippen LogP contribution in [0.2, 0.25) is 0 Å². The van der Waals surface area contributed by atoms with Gasteiger partial charge in [-0.15, -0.1) is 0 Å². The van der Waals surface area contributed by atoms with Gasteiger partial charge in [-0.3, -0.25) is 9.59 Å². The molecule has 6 heteroatoms. The standard InChI is InChI=1S/C23H24N4O2/c1-17-6-8-18(9-7-17)15-25-22(28)14-21(26-13-11-24-16-26)23(29)27-12-10-19-4-2-3-5-20(19)27/h2-9,11,13,16,21H,10,12,14-15H2,1H3,(H,25,28). The van der Waals surface area contributed by atoms with E-state index in [2.05, 4.69) is 10.3 Å². The molecule has 1 N–H and O–H groups in total. The van der Waals surface area contributed by atoms with Crippen molar-refractivity contribution in [2.24, 2.45) is 0 Å². The average Bonchev–Trinajstić information content (AvgIpc) is 3.41. The molecule has 0 radical (unpaired) electrons. The molecule has 29 heavy (non-hydrogen) atoms. The van der Waals surface area contributed by atoms with Crippen LogP contribution in [0.4, 0.5) is 5.69 Å². The molecule has 0 bridgehead atoms. The van der Waals surface area contributed by atoms with Crippen LogP contribution in [-0.2, 0) is 22.6 Å². The number of aryl methyl sites for hydroxylation is 1. The van der Waals surface area contributed by atoms with Crippen LogP contribution in [0, 0.1) is 6.92 Å². The molecule has 0 aliphatic carbocycles. The van der Waals surface area contributed by atoms with Gasteiger partial charge in [0.15, 0.2) is 0 Å². The maximum atomic E-state index is 13.4. The van der Waals surface area contributed by atoms with Crippen LogP contribution in [0.15, 0.2) is 67.3 Å². The molecule has 2 amide bonds. The van der Waals surface area contributed by atoms with E-state index in [4.69, 9.17) is 0 Å². The summed E-state index contributed by atoms with van der Waals surface area (Å²) in [6, 6.07) is 15.3. The molecule has 1 atom stereocenters. The summed E-state index contributed by atoms with van der Waals surface area (Å²) >= 11 is 0. The van der Waals surface area contributed by atoms with E-state index in [1.807, 2.05) is 55.5 Å². The number of para-hydroxylation sites is 1. The number of hydrogen-bond donors (Lipinski definition) is 1. The Balaban J connectivity index is 1.47. The van der Waals surface area contributed by atoms with E-state index in [0.29, 0.717) is 13.1 Å². The van der Waals surface area contributed by atoms with Crippen molar-refractivity contribution in [2.75, 3.05) is 11.4 Å². The van der Waals surface area contributed by atoms with Crippen LogP contribution in [0.5, 0.6) is 0 Å². The van der Waals surface area contributed by atoms with Crippen LogP contribution in [0.3, 0.4) is 0 Å². The third-order valence-corrected chi connectivity index (χ3v) is 5.31. The van der Waals surface area contributed by atoms with Crippen molar-refractivity contribution in [1.29, 1.82) is 0 Å². The molecule has 1 unspecified atom stereocenters. The molecular formula is C23H24N4O2. The van der Waals surface area contributed by atoms with Gasteiger partial charge in [0.2, 0.25) is 5.91 Å². The highest BCUT2D eigenvalue weighted by atomic mass is 16.2. The van der Waals surface area contributed by atoms with Crippen molar-refractivity contribution in [3.05, 3.63) is 83.9 Å². The van der Waals surface area contributed by atoms with Gasteiger partial charge in [0.1, 0.15) is 6.04 Å². The number of nitrogens with one attached hydrogen (secondary N) is 1. The van der Waals surface area contributed by atoms with Crippen molar-refractivity contribution >= 4 is 17.5 Å². The largest absolute Gasteiger partial charge is 0.352 e. The highest BCUT2D eigenvalue weighted by molar-refractivity contribution is 6.00. The Morgan fingerprint density at radius 2 is 1.93 bits per heavy atom. The zero-order valence-electron chi connectivity index (χ0n) is 16.4. The number of imidazole rings is 1. The molecule has 4 rings (SSSR count). The van der Waals surface area contributed by atoms with Crippen molar-refractivity contribution in [3.63, 3.8) is 0 Å². The lowest BCUT2D eigenvalue weighted by molar-refractivity contribution is -0.128. The van der Waals surface area contributed by atoms with Crippen LogP contribution in [0.1, 0.15) is 29.2 Å². The van der Waals surface area contributed by atoms with Crippen LogP contribution in [0.25, 0.3) is 0 Å². The van der Waals surface area contributed by atoms with Gasteiger partial charge in [-0.2, -0.15) is 0 Å². The maximum Gasteiger partial charge on any atom is 0.250 e. The fourth-order valence-electron chi connectivity index (χ4n) is 3.68. The first-order valence-electron chi connectivity index (χ1n) is 9.81. The maximum absolute atomic E-state index is 13.4. The van der Waals surface area contributed by atoms with Crippen LogP contribution < -0.4 is 10.2 Å². The zero-order chi connectivity index (χ0) is 20.2. The molecule has 0 spiro atoms. The minimum Gasteiger partial charge on any atom is -0.352 e. The Bertz CT molecular complexity index is 996. The fourth-order valence-corrected chi connectivity index (χ4v) is 3.68. The van der Waals surface area contributed by atoms with E-state index in [1.54, 1.807) is 28.2 Å². The summed E-state index contributed by atoms with van der Waals surface area (Å²) < 4.78 is 1.72. The molecule has 1 aliphatic heterocycles. The normalized spacial score (nSPS) is 13.8. The summed E-state index contributed by atoms with van der Waals surface area (Å²) in [6.07, 6.45) is 5.86. The first-order chi connectivity index (χ1) is 14.1. The van der Waals surface area contributed by atoms with Gasteiger partial charge in [0.05, 0.1) is 12.7 Å². The number of nitrogens with zero attached hydrogens (tertiary/aromatic N) is 3. The van der Waals surface area contributed by atoms with Gasteiger partial charge in [-0.25, -0.2) is 4.98 Å². The average molecular weight is 388 g/mol. The lowest BCUT2D eigenvalue weighted by Crippen LogP contribution is -2.38. The smallest absolute Gasteiger partial charge is 0.250 e. The zero-order valence-corrected chi connectivity index (χ0v) is 16.4. The van der Waals surface area contributed by atoms with Crippen LogP contribution >= 0.6 is 0 Å². The summed E-state index contributed by atoms with van der Waals surface area (Å²) in [5.74, 6) is -0.247. The van der Waals surface area contributed by atoms with E-state index in [-0.39, 0.29) is 18.2 Å². The Morgan fingerprint density at radius 1 is 1.14 bits per heavy atom. The van der Waals surface area contributed by atoms with Crippen molar-refractivity contribution in [1.82, 2.24) is 14.9 Å². The molecule has 0 saturated heterocycles. The molecule has 3 aromatic rings. The van der Waals surface area contributed by atoms with E-state index in [0.717, 1.165) is 23.2 Å². The summed E-state index contributed by atoms with van der Waals surface area (Å²) in [5.41, 5.74) is 4.30. The van der Waals surface area contributed by atoms with Gasteiger partial charge < -0.3 is 14.8 Å². The summed E-state index contributed by atoms with van der Waals surface area (Å²) in [4.78, 5) is 31.8. The molecule has 1 aliphatic rings. The second-order valence-corrected chi connectivity index (χ2v) is 7.36. The minimum absolute atomic E-state index is 0.0692. The Labute approximate surface area is 170 Å². The Morgan fingerprint density at radius 3 is 2.69 bits per heavy atom. The predicted molar refractivity (Wildman–Crippen MR) is 111 cm³/mol. The summed E-state index contributed by atoms with van der Waals surface area (Å²) in [7, 11) is 0. The van der Waals surface area contributed by atoms with Crippen molar-refractivity contribution in [2.45, 2.75) is 32.4 Å². The van der Waals surface area contributed by atoms with Gasteiger partial charge in [-0.1, -0.05) is 48.0 Å². The highest BCUT2D eigenvalue weighted by Crippen LogP contribution is 2.30. The lowest BCUT2D eigenvalue weighted by Gasteiger charge is -2.24. The predicted octanol–water partition coefficient (Wildman–Crippen LogP) is 3.03. The van der Waals surface area contributed by atoms with E-state index in [9.17, 15) is 9.59 Å². The van der Waals surface area contributed by atoms with E-state index >= 15 is 0 Å². The van der Waals surface area contributed by atoms with Crippen LogP contribution in [-0.4, -0.2) is 27.9 Å². The van der Waals surface area contributed by atoms with E-state index in [1.165, 1.54) is 5.56 Å². The topological polar surface area (TPSA) is 67.2 Å². The van der Waals surface area contributed by atoms with Crippen molar-refractivity contribution in [3.8, 4) is 0 Å². The number of carbonyl (C=O) groups is 2. The highest BCUT2D eigenvalue weighted by Gasteiger charge is 2.32. The lowest BCUT2D eigenvalue weighted by atomic mass is 10.1. The Kier molecular flexibility index (Phi) is 5.42. The molecule has 6 nitrogen and oxygen atoms in total. The first-order valence-corrected chi connectivity index (χ1v) is 9.81. The SMILES string of the molecule is Cc1ccc(CNC(=O)CC(C(=O)N2CCc3ccccc32)n2ccnc2)cc1. The van der Waals surface area contributed by atoms with Gasteiger partial charge >= 0.3 is 0 Å². The Hall–Kier alpha value is -3.41. The van der Waals surface area contributed by atoms with Crippen molar-refractivity contribution < 1.29 is 9.59 Å². The molecule has 0 saturated carbocycles. The molecule has 0 fully saturated rings. The van der Waals surface area contributed by atoms with E-state index < -0.39 is 6.04 Å². The third kappa shape index (κ3) is 4.21. The number of carbonyl (C=O) groups excluding carboxylic acids is 2. The molecule has 2 heterocycles. The second kappa shape index (κ2) is 8.31. The first kappa shape index (κ1) is 18.9. The molecular weight excluding hydrogens is 364 g/mol. The quantitative estimate of drug-likeness (QED) is 0.706.